The predicted octanol–water partition coefficient (Wildman–Crippen LogP) is 2.06. The number of anilines is 1. The van der Waals surface area contributed by atoms with Crippen molar-refractivity contribution in [2.45, 2.75) is 13.3 Å². The molecule has 1 saturated heterocycles. The minimum absolute atomic E-state index is 0.163. The van der Waals surface area contributed by atoms with Crippen LogP contribution in [0, 0.1) is 11.8 Å². The summed E-state index contributed by atoms with van der Waals surface area (Å²) in [6.07, 6.45) is 1.11. The topological polar surface area (TPSA) is 62.4 Å². The highest BCUT2D eigenvalue weighted by Crippen LogP contribution is 2.18. The first-order valence-electron chi connectivity index (χ1n) is 7.08. The summed E-state index contributed by atoms with van der Waals surface area (Å²) >= 11 is 0. The van der Waals surface area contributed by atoms with Crippen LogP contribution in [0.3, 0.4) is 0 Å². The average Bonchev–Trinajstić information content (AvgIpc) is 2.46. The standard InChI is InChI=1S/C15H23N3O2/c1-11-9-16-7-6-12(11)10-17-15(19)18-13-4-3-5-14(8-13)20-2/h3-5,8,11-12,16H,6-7,9-10H2,1-2H3,(H2,17,18,19). The van der Waals surface area contributed by atoms with Crippen LogP contribution in [-0.2, 0) is 0 Å². The van der Waals surface area contributed by atoms with Gasteiger partial charge in [0, 0.05) is 18.3 Å². The Labute approximate surface area is 120 Å². The summed E-state index contributed by atoms with van der Waals surface area (Å²) in [5.41, 5.74) is 0.736. The number of amides is 2. The van der Waals surface area contributed by atoms with Crippen LogP contribution in [0.15, 0.2) is 24.3 Å². The van der Waals surface area contributed by atoms with Gasteiger partial charge in [-0.15, -0.1) is 0 Å². The largest absolute Gasteiger partial charge is 0.497 e. The fraction of sp³-hybridized carbons (Fsp3) is 0.533. The summed E-state index contributed by atoms with van der Waals surface area (Å²) in [7, 11) is 1.61. The predicted molar refractivity (Wildman–Crippen MR) is 80.2 cm³/mol. The SMILES string of the molecule is COc1cccc(NC(=O)NCC2CCNCC2C)c1. The van der Waals surface area contributed by atoms with Gasteiger partial charge in [-0.25, -0.2) is 4.79 Å². The van der Waals surface area contributed by atoms with E-state index in [0.717, 1.165) is 37.5 Å². The monoisotopic (exact) mass is 277 g/mol. The van der Waals surface area contributed by atoms with Crippen LogP contribution in [0.25, 0.3) is 0 Å². The Hall–Kier alpha value is -1.75. The van der Waals surface area contributed by atoms with Crippen LogP contribution in [0.1, 0.15) is 13.3 Å². The van der Waals surface area contributed by atoms with E-state index in [1.165, 1.54) is 0 Å². The Balaban J connectivity index is 1.79. The quantitative estimate of drug-likeness (QED) is 0.789. The van der Waals surface area contributed by atoms with Crippen molar-refractivity contribution in [3.05, 3.63) is 24.3 Å². The molecule has 0 aliphatic carbocycles. The lowest BCUT2D eigenvalue weighted by atomic mass is 9.88. The van der Waals surface area contributed by atoms with Crippen LogP contribution in [0.2, 0.25) is 0 Å². The van der Waals surface area contributed by atoms with E-state index in [0.29, 0.717) is 11.8 Å². The Kier molecular flexibility index (Phi) is 5.24. The fourth-order valence-corrected chi connectivity index (χ4v) is 2.47. The summed E-state index contributed by atoms with van der Waals surface area (Å²) in [5, 5.41) is 9.14. The van der Waals surface area contributed by atoms with Crippen molar-refractivity contribution < 1.29 is 9.53 Å². The third kappa shape index (κ3) is 4.13. The molecule has 1 aromatic carbocycles. The van der Waals surface area contributed by atoms with Gasteiger partial charge in [0.05, 0.1) is 7.11 Å². The van der Waals surface area contributed by atoms with Crippen molar-refractivity contribution >= 4 is 11.7 Å². The normalized spacial score (nSPS) is 22.1. The molecular formula is C15H23N3O2. The number of ether oxygens (including phenoxy) is 1. The molecule has 5 nitrogen and oxygen atoms in total. The smallest absolute Gasteiger partial charge is 0.319 e. The van der Waals surface area contributed by atoms with Gasteiger partial charge in [0.1, 0.15) is 5.75 Å². The van der Waals surface area contributed by atoms with E-state index in [2.05, 4.69) is 22.9 Å². The maximum atomic E-state index is 11.9. The minimum atomic E-state index is -0.163. The van der Waals surface area contributed by atoms with Crippen molar-refractivity contribution in [3.8, 4) is 5.75 Å². The molecule has 0 radical (unpaired) electrons. The van der Waals surface area contributed by atoms with Crippen molar-refractivity contribution in [2.75, 3.05) is 32.1 Å². The van der Waals surface area contributed by atoms with E-state index >= 15 is 0 Å². The molecule has 2 atom stereocenters. The van der Waals surface area contributed by atoms with E-state index < -0.39 is 0 Å². The molecule has 0 bridgehead atoms. The van der Waals surface area contributed by atoms with Gasteiger partial charge in [-0.2, -0.15) is 0 Å². The number of urea groups is 1. The van der Waals surface area contributed by atoms with Gasteiger partial charge in [-0.3, -0.25) is 0 Å². The first-order valence-corrected chi connectivity index (χ1v) is 7.08. The zero-order valence-corrected chi connectivity index (χ0v) is 12.1. The lowest BCUT2D eigenvalue weighted by Crippen LogP contribution is -2.42. The minimum Gasteiger partial charge on any atom is -0.497 e. The first-order chi connectivity index (χ1) is 9.69. The number of rotatable bonds is 4. The zero-order valence-electron chi connectivity index (χ0n) is 12.1. The van der Waals surface area contributed by atoms with Gasteiger partial charge in [-0.05, 0) is 43.5 Å². The summed E-state index contributed by atoms with van der Waals surface area (Å²) in [4.78, 5) is 11.9. The molecule has 20 heavy (non-hydrogen) atoms. The van der Waals surface area contributed by atoms with Gasteiger partial charge < -0.3 is 20.7 Å². The Morgan fingerprint density at radius 3 is 3.10 bits per heavy atom. The molecule has 3 N–H and O–H groups in total. The summed E-state index contributed by atoms with van der Waals surface area (Å²) in [6, 6.07) is 7.18. The van der Waals surface area contributed by atoms with Crippen LogP contribution in [0.5, 0.6) is 5.75 Å². The number of hydrogen-bond acceptors (Lipinski definition) is 3. The number of methoxy groups -OCH3 is 1. The van der Waals surface area contributed by atoms with E-state index in [4.69, 9.17) is 4.74 Å². The number of nitrogens with one attached hydrogen (secondary N) is 3. The summed E-state index contributed by atoms with van der Waals surface area (Å²) in [6.45, 7) is 5.01. The van der Waals surface area contributed by atoms with Gasteiger partial charge in [0.25, 0.3) is 0 Å². The molecule has 2 amide bonds. The van der Waals surface area contributed by atoms with Crippen LogP contribution in [0.4, 0.5) is 10.5 Å². The van der Waals surface area contributed by atoms with Gasteiger partial charge >= 0.3 is 6.03 Å². The average molecular weight is 277 g/mol. The maximum Gasteiger partial charge on any atom is 0.319 e. The van der Waals surface area contributed by atoms with Crippen LogP contribution in [-0.4, -0.2) is 32.8 Å². The summed E-state index contributed by atoms with van der Waals surface area (Å²) < 4.78 is 5.13. The Morgan fingerprint density at radius 2 is 2.35 bits per heavy atom. The second kappa shape index (κ2) is 7.14. The summed E-state index contributed by atoms with van der Waals surface area (Å²) in [5.74, 6) is 1.88. The number of hydrogen-bond donors (Lipinski definition) is 3. The van der Waals surface area contributed by atoms with E-state index in [1.807, 2.05) is 18.2 Å². The molecule has 2 rings (SSSR count). The van der Waals surface area contributed by atoms with Crippen molar-refractivity contribution in [2.24, 2.45) is 11.8 Å². The molecular weight excluding hydrogens is 254 g/mol. The highest BCUT2D eigenvalue weighted by molar-refractivity contribution is 5.89. The molecule has 1 aliphatic rings. The fourth-order valence-electron chi connectivity index (χ4n) is 2.47. The molecule has 1 aromatic rings. The van der Waals surface area contributed by atoms with Crippen molar-refractivity contribution in [1.82, 2.24) is 10.6 Å². The molecule has 0 spiro atoms. The van der Waals surface area contributed by atoms with Crippen molar-refractivity contribution in [3.63, 3.8) is 0 Å². The van der Waals surface area contributed by atoms with Crippen LogP contribution >= 0.6 is 0 Å². The van der Waals surface area contributed by atoms with E-state index in [1.54, 1.807) is 13.2 Å². The Bertz CT molecular complexity index is 450. The molecule has 1 heterocycles. The lowest BCUT2D eigenvalue weighted by Gasteiger charge is -2.29. The second-order valence-corrected chi connectivity index (χ2v) is 5.30. The molecule has 1 aliphatic heterocycles. The number of piperidine rings is 1. The maximum absolute atomic E-state index is 11.9. The third-order valence-corrected chi connectivity index (χ3v) is 3.82. The lowest BCUT2D eigenvalue weighted by molar-refractivity contribution is 0.237. The molecule has 1 fully saturated rings. The third-order valence-electron chi connectivity index (χ3n) is 3.82. The number of carbonyl (C=O) groups is 1. The zero-order chi connectivity index (χ0) is 14.4. The van der Waals surface area contributed by atoms with Gasteiger partial charge in [-0.1, -0.05) is 13.0 Å². The highest BCUT2D eigenvalue weighted by atomic mass is 16.5. The molecule has 0 saturated carbocycles. The molecule has 110 valence electrons. The van der Waals surface area contributed by atoms with Crippen molar-refractivity contribution in [1.29, 1.82) is 0 Å². The highest BCUT2D eigenvalue weighted by Gasteiger charge is 2.21. The molecule has 0 aromatic heterocycles. The molecule has 2 unspecified atom stereocenters. The van der Waals surface area contributed by atoms with E-state index in [9.17, 15) is 4.79 Å². The molecule has 5 heteroatoms. The number of carbonyl (C=O) groups excluding carboxylic acids is 1. The number of benzene rings is 1. The van der Waals surface area contributed by atoms with E-state index in [-0.39, 0.29) is 6.03 Å². The van der Waals surface area contributed by atoms with Crippen LogP contribution < -0.4 is 20.7 Å². The Morgan fingerprint density at radius 1 is 1.50 bits per heavy atom. The van der Waals surface area contributed by atoms with Gasteiger partial charge in [0.2, 0.25) is 0 Å². The first kappa shape index (κ1) is 14.7. The van der Waals surface area contributed by atoms with Gasteiger partial charge in [0.15, 0.2) is 0 Å². The second-order valence-electron chi connectivity index (χ2n) is 5.30.